The van der Waals surface area contributed by atoms with Gasteiger partial charge in [0.25, 0.3) is 0 Å². The molecule has 32 heavy (non-hydrogen) atoms. The van der Waals surface area contributed by atoms with Crippen LogP contribution in [-0.4, -0.2) is 16.3 Å². The highest BCUT2D eigenvalue weighted by Gasteiger charge is 2.28. The Morgan fingerprint density at radius 1 is 1.06 bits per heavy atom. The Hall–Kier alpha value is -2.29. The summed E-state index contributed by atoms with van der Waals surface area (Å²) in [6.45, 7) is 6.24. The molecule has 1 unspecified atom stereocenters. The van der Waals surface area contributed by atoms with Crippen LogP contribution in [-0.2, 0) is 4.79 Å². The Kier molecular flexibility index (Phi) is 10.1. The van der Waals surface area contributed by atoms with Crippen LogP contribution in [0.2, 0.25) is 0 Å². The fraction of sp³-hybridized carbons (Fsp3) is 0.552. The predicted octanol–water partition coefficient (Wildman–Crippen LogP) is 7.76. The van der Waals surface area contributed by atoms with Crippen molar-refractivity contribution in [3.8, 4) is 0 Å². The van der Waals surface area contributed by atoms with Gasteiger partial charge in [-0.25, -0.2) is 9.97 Å². The van der Waals surface area contributed by atoms with Gasteiger partial charge in [-0.1, -0.05) is 69.6 Å². The van der Waals surface area contributed by atoms with E-state index in [0.717, 1.165) is 60.3 Å². The number of allylic oxidation sites excluding steroid dienone is 7. The molecule has 0 aliphatic heterocycles. The van der Waals surface area contributed by atoms with Gasteiger partial charge in [0.05, 0.1) is 0 Å². The first-order chi connectivity index (χ1) is 15.7. The molecule has 1 saturated carbocycles. The third-order valence-corrected chi connectivity index (χ3v) is 7.30. The number of unbranched alkanes of at least 4 members (excludes halogenated alkanes) is 1. The van der Waals surface area contributed by atoms with Crippen LogP contribution in [0.4, 0.5) is 0 Å². The molecular weight excluding hydrogens is 392 g/mol. The van der Waals surface area contributed by atoms with Crippen molar-refractivity contribution in [2.24, 2.45) is 17.8 Å². The van der Waals surface area contributed by atoms with Crippen LogP contribution in [0.3, 0.4) is 0 Å². The summed E-state index contributed by atoms with van der Waals surface area (Å²) in [6.07, 6.45) is 29.8. The number of nitrogens with zero attached hydrogens (tertiary/aromatic N) is 2. The number of hydrogen-bond acceptors (Lipinski definition) is 3. The molecule has 2 aliphatic rings. The van der Waals surface area contributed by atoms with Crippen molar-refractivity contribution in [3.63, 3.8) is 0 Å². The average Bonchev–Trinajstić information content (AvgIpc) is 2.85. The summed E-state index contributed by atoms with van der Waals surface area (Å²) in [5.74, 6) is 3.53. The van der Waals surface area contributed by atoms with Gasteiger partial charge in [0, 0.05) is 30.0 Å². The van der Waals surface area contributed by atoms with Crippen molar-refractivity contribution in [1.29, 1.82) is 0 Å². The first-order valence-corrected chi connectivity index (χ1v) is 12.7. The Morgan fingerprint density at radius 3 is 2.47 bits per heavy atom. The van der Waals surface area contributed by atoms with Crippen LogP contribution >= 0.6 is 0 Å². The minimum atomic E-state index is 0.579. The van der Waals surface area contributed by atoms with Crippen molar-refractivity contribution < 1.29 is 4.79 Å². The molecule has 0 aromatic carbocycles. The standard InChI is InChI=1S/C29H40N2O/c1-3-10-23-12-14-25(15-13-23)26-16-18-27(19-17-26)28-21-30-29(31-22-28)24(4-2)11-8-6-5-7-9-20-32/h4-6,11,18,20-23,25-26H,2-3,7-10,12-17,19H2,1H3/b6-5+,24-11+. The van der Waals surface area contributed by atoms with Crippen molar-refractivity contribution in [2.45, 2.75) is 84.0 Å². The van der Waals surface area contributed by atoms with Crippen LogP contribution in [0.15, 0.2) is 49.4 Å². The molecule has 3 nitrogen and oxygen atoms in total. The minimum absolute atomic E-state index is 0.579. The number of hydrogen-bond donors (Lipinski definition) is 0. The lowest BCUT2D eigenvalue weighted by molar-refractivity contribution is -0.107. The highest BCUT2D eigenvalue weighted by atomic mass is 16.1. The monoisotopic (exact) mass is 432 g/mol. The quantitative estimate of drug-likeness (QED) is 0.155. The van der Waals surface area contributed by atoms with Crippen LogP contribution < -0.4 is 0 Å². The van der Waals surface area contributed by atoms with Gasteiger partial charge in [-0.2, -0.15) is 0 Å². The fourth-order valence-corrected chi connectivity index (χ4v) is 5.38. The van der Waals surface area contributed by atoms with Crippen molar-refractivity contribution in [3.05, 3.63) is 60.7 Å². The molecule has 0 saturated heterocycles. The second-order valence-corrected chi connectivity index (χ2v) is 9.44. The van der Waals surface area contributed by atoms with E-state index < -0.39 is 0 Å². The average molecular weight is 433 g/mol. The second kappa shape index (κ2) is 13.3. The molecule has 0 N–H and O–H groups in total. The predicted molar refractivity (Wildman–Crippen MR) is 135 cm³/mol. The highest BCUT2D eigenvalue weighted by molar-refractivity contribution is 5.70. The molecule has 0 amide bonds. The SMILES string of the molecule is C=C/C(=C\C/C=C/CCC=O)c1ncc(C2=CCC(C3CCC(CCC)CC3)CC2)cn1. The Morgan fingerprint density at radius 2 is 1.84 bits per heavy atom. The normalized spacial score (nSPS) is 24.3. The van der Waals surface area contributed by atoms with Gasteiger partial charge in [-0.3, -0.25) is 0 Å². The van der Waals surface area contributed by atoms with E-state index in [9.17, 15) is 4.79 Å². The lowest BCUT2D eigenvalue weighted by Gasteiger charge is -2.35. The molecule has 0 radical (unpaired) electrons. The van der Waals surface area contributed by atoms with E-state index in [1.165, 1.54) is 56.9 Å². The summed E-state index contributed by atoms with van der Waals surface area (Å²) >= 11 is 0. The van der Waals surface area contributed by atoms with E-state index in [0.29, 0.717) is 6.42 Å². The Bertz CT molecular complexity index is 810. The third-order valence-electron chi connectivity index (χ3n) is 7.30. The molecule has 1 heterocycles. The maximum atomic E-state index is 10.4. The summed E-state index contributed by atoms with van der Waals surface area (Å²) in [5, 5.41) is 0. The molecule has 2 aliphatic carbocycles. The van der Waals surface area contributed by atoms with Gasteiger partial charge in [-0.05, 0) is 68.3 Å². The zero-order valence-corrected chi connectivity index (χ0v) is 19.8. The molecule has 1 fully saturated rings. The first-order valence-electron chi connectivity index (χ1n) is 12.7. The number of carbonyl (C=O) groups is 1. The van der Waals surface area contributed by atoms with E-state index in [2.05, 4.69) is 41.7 Å². The second-order valence-electron chi connectivity index (χ2n) is 9.44. The van der Waals surface area contributed by atoms with E-state index >= 15 is 0 Å². The van der Waals surface area contributed by atoms with Crippen molar-refractivity contribution in [1.82, 2.24) is 9.97 Å². The Balaban J connectivity index is 1.53. The first kappa shape index (κ1) is 24.4. The molecular formula is C29H40N2O. The van der Waals surface area contributed by atoms with Gasteiger partial charge < -0.3 is 4.79 Å². The van der Waals surface area contributed by atoms with Crippen molar-refractivity contribution in [2.75, 3.05) is 0 Å². The van der Waals surface area contributed by atoms with Gasteiger partial charge in [0.1, 0.15) is 6.29 Å². The van der Waals surface area contributed by atoms with Gasteiger partial charge in [0.2, 0.25) is 0 Å². The zero-order valence-electron chi connectivity index (χ0n) is 19.8. The van der Waals surface area contributed by atoms with Gasteiger partial charge in [0.15, 0.2) is 5.82 Å². The van der Waals surface area contributed by atoms with E-state index in [1.54, 1.807) is 0 Å². The largest absolute Gasteiger partial charge is 0.303 e. The van der Waals surface area contributed by atoms with E-state index in [1.807, 2.05) is 24.5 Å². The van der Waals surface area contributed by atoms with E-state index in [4.69, 9.17) is 0 Å². The molecule has 1 aromatic heterocycles. The van der Waals surface area contributed by atoms with E-state index in [-0.39, 0.29) is 0 Å². The summed E-state index contributed by atoms with van der Waals surface area (Å²) in [7, 11) is 0. The molecule has 1 atom stereocenters. The van der Waals surface area contributed by atoms with Crippen LogP contribution in [0.5, 0.6) is 0 Å². The fourth-order valence-electron chi connectivity index (χ4n) is 5.38. The number of aromatic nitrogens is 2. The third kappa shape index (κ3) is 7.12. The number of rotatable bonds is 11. The minimum Gasteiger partial charge on any atom is -0.303 e. The molecule has 0 bridgehead atoms. The molecule has 172 valence electrons. The lowest BCUT2D eigenvalue weighted by atomic mass is 9.70. The lowest BCUT2D eigenvalue weighted by Crippen LogP contribution is -2.23. The molecule has 3 rings (SSSR count). The van der Waals surface area contributed by atoms with Crippen LogP contribution in [0.1, 0.15) is 95.4 Å². The number of carbonyl (C=O) groups excluding carboxylic acids is 1. The Labute approximate surface area is 194 Å². The highest BCUT2D eigenvalue weighted by Crippen LogP contribution is 2.41. The molecule has 0 spiro atoms. The zero-order chi connectivity index (χ0) is 22.6. The number of aldehydes is 1. The smallest absolute Gasteiger partial charge is 0.158 e. The van der Waals surface area contributed by atoms with Gasteiger partial charge >= 0.3 is 0 Å². The maximum absolute atomic E-state index is 10.4. The van der Waals surface area contributed by atoms with Crippen LogP contribution in [0.25, 0.3) is 11.1 Å². The molecule has 1 aromatic rings. The van der Waals surface area contributed by atoms with Gasteiger partial charge in [-0.15, -0.1) is 0 Å². The van der Waals surface area contributed by atoms with Crippen LogP contribution in [0, 0.1) is 17.8 Å². The molecule has 3 heteroatoms. The summed E-state index contributed by atoms with van der Waals surface area (Å²) < 4.78 is 0. The van der Waals surface area contributed by atoms with Crippen molar-refractivity contribution >= 4 is 17.4 Å². The topological polar surface area (TPSA) is 42.9 Å². The summed E-state index contributed by atoms with van der Waals surface area (Å²) in [6, 6.07) is 0. The maximum Gasteiger partial charge on any atom is 0.158 e. The summed E-state index contributed by atoms with van der Waals surface area (Å²) in [4.78, 5) is 19.6. The summed E-state index contributed by atoms with van der Waals surface area (Å²) in [5.41, 5.74) is 3.53.